The summed E-state index contributed by atoms with van der Waals surface area (Å²) in [6, 6.07) is 72.7. The number of allylic oxidation sites excluding steroid dienone is 8. The van der Waals surface area contributed by atoms with Crippen LogP contribution >= 0.6 is 0 Å². The lowest BCUT2D eigenvalue weighted by Crippen LogP contribution is -2.47. The maximum atomic E-state index is 5.44. The summed E-state index contributed by atoms with van der Waals surface area (Å²) >= 11 is 0. The molecule has 0 amide bonds. The molecule has 63 heavy (non-hydrogen) atoms. The van der Waals surface area contributed by atoms with E-state index in [0.717, 1.165) is 35.4 Å². The van der Waals surface area contributed by atoms with Crippen molar-refractivity contribution < 1.29 is 0 Å². The van der Waals surface area contributed by atoms with E-state index in [2.05, 4.69) is 225 Å². The predicted octanol–water partition coefficient (Wildman–Crippen LogP) is 15.1. The van der Waals surface area contributed by atoms with Gasteiger partial charge in [0.25, 0.3) is 0 Å². The fraction of sp³-hybridized carbons (Fsp3) is 0.113. The van der Waals surface area contributed by atoms with Crippen LogP contribution in [0.1, 0.15) is 64.6 Å². The van der Waals surface area contributed by atoms with E-state index in [9.17, 15) is 0 Å². The Balaban J connectivity index is 1.12. The SMILES string of the molecule is CC1C=CC2=C(C1c1cccc(-c3cc(-c4ccccc4)cc(-c4ccccc4)n3)c1)C1(c3ccccc3-c3ccccc31)c1ccccc1C21C2=C(C=CCC2)c2ccccc21. The van der Waals surface area contributed by atoms with Crippen molar-refractivity contribution in [3.05, 3.63) is 274 Å². The maximum Gasteiger partial charge on any atom is 0.0715 e. The van der Waals surface area contributed by atoms with Crippen molar-refractivity contribution in [3.63, 3.8) is 0 Å². The van der Waals surface area contributed by atoms with Crippen molar-refractivity contribution in [3.8, 4) is 44.8 Å². The summed E-state index contributed by atoms with van der Waals surface area (Å²) < 4.78 is 0. The molecule has 0 aliphatic heterocycles. The molecule has 8 aromatic rings. The van der Waals surface area contributed by atoms with Crippen LogP contribution in [-0.2, 0) is 10.8 Å². The molecule has 3 atom stereocenters. The van der Waals surface area contributed by atoms with Gasteiger partial charge in [-0.05, 0) is 120 Å². The first kappa shape index (κ1) is 36.3. The highest BCUT2D eigenvalue weighted by Crippen LogP contribution is 2.71. The zero-order valence-corrected chi connectivity index (χ0v) is 35.3. The summed E-state index contributed by atoms with van der Waals surface area (Å²) in [5.74, 6) is 0.286. The van der Waals surface area contributed by atoms with E-state index in [1.54, 1.807) is 5.57 Å². The summed E-state index contributed by atoms with van der Waals surface area (Å²) in [4.78, 5) is 5.44. The van der Waals surface area contributed by atoms with Crippen LogP contribution in [0.4, 0.5) is 0 Å². The van der Waals surface area contributed by atoms with Gasteiger partial charge in [0.1, 0.15) is 0 Å². The maximum absolute atomic E-state index is 5.44. The van der Waals surface area contributed by atoms with Crippen LogP contribution in [0.3, 0.4) is 0 Å². The lowest BCUT2D eigenvalue weighted by Gasteiger charge is -2.54. The lowest BCUT2D eigenvalue weighted by molar-refractivity contribution is 0.492. The summed E-state index contributed by atoms with van der Waals surface area (Å²) in [7, 11) is 0. The summed E-state index contributed by atoms with van der Waals surface area (Å²) in [5, 5.41) is 0. The fourth-order valence-electron chi connectivity index (χ4n) is 12.6. The average Bonchev–Trinajstić information content (AvgIpc) is 3.82. The first-order valence-corrected chi connectivity index (χ1v) is 22.6. The van der Waals surface area contributed by atoms with E-state index < -0.39 is 10.8 Å². The van der Waals surface area contributed by atoms with Gasteiger partial charge in [0.2, 0.25) is 0 Å². The summed E-state index contributed by atoms with van der Waals surface area (Å²) in [6.07, 6.45) is 12.0. The van der Waals surface area contributed by atoms with Crippen LogP contribution in [0, 0.1) is 5.92 Å². The zero-order chi connectivity index (χ0) is 41.7. The standard InChI is InChI=1S/C62H45N/c1-40-35-36-56-60(59(40)44-24-18-23-43(37-44)58-39-45(41-19-4-2-5-20-41)38-57(63-58)42-21-6-3-7-22-42)62(52-31-14-10-27-48(52)49-28-11-15-32-53(49)62)55-34-17-16-33-54(55)61(56)50-29-12-8-25-46(50)47-26-9-13-30-51(47)61/h2-12,14-29,31-40,59H,13,30H2,1H3. The Bertz CT molecular complexity index is 3200. The molecular formula is C62H45N. The van der Waals surface area contributed by atoms with E-state index in [-0.39, 0.29) is 11.8 Å². The summed E-state index contributed by atoms with van der Waals surface area (Å²) in [5.41, 5.74) is 23.9. The van der Waals surface area contributed by atoms with Crippen molar-refractivity contribution in [1.82, 2.24) is 4.98 Å². The Morgan fingerprint density at radius 3 is 1.68 bits per heavy atom. The largest absolute Gasteiger partial charge is 0.248 e. The Kier molecular flexibility index (Phi) is 7.97. The molecule has 1 nitrogen and oxygen atoms in total. The third kappa shape index (κ3) is 4.97. The van der Waals surface area contributed by atoms with Gasteiger partial charge in [-0.1, -0.05) is 207 Å². The Morgan fingerprint density at radius 2 is 1.00 bits per heavy atom. The Hall–Kier alpha value is -7.35. The number of rotatable bonds is 4. The average molecular weight is 804 g/mol. The number of pyridine rings is 1. The number of hydrogen-bond acceptors (Lipinski definition) is 1. The molecule has 1 heteroatoms. The van der Waals surface area contributed by atoms with E-state index in [0.29, 0.717) is 0 Å². The van der Waals surface area contributed by atoms with E-state index >= 15 is 0 Å². The lowest BCUT2D eigenvalue weighted by atomic mass is 9.47. The second kappa shape index (κ2) is 13.8. The topological polar surface area (TPSA) is 12.9 Å². The number of hydrogen-bond donors (Lipinski definition) is 0. The minimum atomic E-state index is -0.515. The van der Waals surface area contributed by atoms with Crippen LogP contribution in [-0.4, -0.2) is 4.98 Å². The minimum Gasteiger partial charge on any atom is -0.248 e. The first-order valence-electron chi connectivity index (χ1n) is 22.6. The third-order valence-electron chi connectivity index (χ3n) is 15.0. The van der Waals surface area contributed by atoms with Gasteiger partial charge in [-0.2, -0.15) is 0 Å². The molecule has 3 unspecified atom stereocenters. The molecule has 5 aliphatic rings. The molecule has 0 bridgehead atoms. The second-order valence-electron chi connectivity index (χ2n) is 18.0. The quantitative estimate of drug-likeness (QED) is 0.173. The number of fused-ring (bicyclic) bond motifs is 14. The normalized spacial score (nSPS) is 20.6. The van der Waals surface area contributed by atoms with Crippen molar-refractivity contribution in [2.24, 2.45) is 5.92 Å². The van der Waals surface area contributed by atoms with Crippen LogP contribution in [0.15, 0.2) is 235 Å². The first-order chi connectivity index (χ1) is 31.2. The van der Waals surface area contributed by atoms with Gasteiger partial charge in [0, 0.05) is 17.0 Å². The minimum absolute atomic E-state index is 0.0660. The van der Waals surface area contributed by atoms with Gasteiger partial charge < -0.3 is 0 Å². The molecule has 7 aromatic carbocycles. The molecule has 1 aromatic heterocycles. The molecule has 0 saturated heterocycles. The van der Waals surface area contributed by atoms with Crippen molar-refractivity contribution in [2.75, 3.05) is 0 Å². The Labute approximate surface area is 370 Å². The van der Waals surface area contributed by atoms with Crippen molar-refractivity contribution in [1.29, 1.82) is 0 Å². The molecule has 13 rings (SSSR count). The molecule has 0 fully saturated rings. The van der Waals surface area contributed by atoms with Gasteiger partial charge in [0.15, 0.2) is 0 Å². The van der Waals surface area contributed by atoms with Crippen LogP contribution in [0.25, 0.3) is 50.3 Å². The smallest absolute Gasteiger partial charge is 0.0715 e. The van der Waals surface area contributed by atoms with Gasteiger partial charge in [-0.15, -0.1) is 0 Å². The number of aromatic nitrogens is 1. The fourth-order valence-corrected chi connectivity index (χ4v) is 12.6. The Morgan fingerprint density at radius 1 is 0.460 bits per heavy atom. The monoisotopic (exact) mass is 803 g/mol. The molecule has 1 heterocycles. The molecule has 0 saturated carbocycles. The van der Waals surface area contributed by atoms with Gasteiger partial charge in [0.05, 0.1) is 22.2 Å². The van der Waals surface area contributed by atoms with E-state index in [1.807, 2.05) is 0 Å². The second-order valence-corrected chi connectivity index (χ2v) is 18.0. The third-order valence-corrected chi connectivity index (χ3v) is 15.0. The molecule has 2 spiro atoms. The van der Waals surface area contributed by atoms with Crippen molar-refractivity contribution >= 4 is 5.57 Å². The molecule has 298 valence electrons. The highest BCUT2D eigenvalue weighted by atomic mass is 14.7. The number of nitrogens with zero attached hydrogens (tertiary/aromatic N) is 1. The molecule has 5 aliphatic carbocycles. The van der Waals surface area contributed by atoms with Gasteiger partial charge in [-0.25, -0.2) is 4.98 Å². The van der Waals surface area contributed by atoms with Crippen LogP contribution < -0.4 is 0 Å². The highest BCUT2D eigenvalue weighted by Gasteiger charge is 2.62. The van der Waals surface area contributed by atoms with E-state index in [4.69, 9.17) is 4.98 Å². The molecular weight excluding hydrogens is 759 g/mol. The molecule has 0 radical (unpaired) electrons. The summed E-state index contributed by atoms with van der Waals surface area (Å²) in [6.45, 7) is 2.45. The molecule has 0 N–H and O–H groups in total. The van der Waals surface area contributed by atoms with Gasteiger partial charge in [-0.3, -0.25) is 0 Å². The zero-order valence-electron chi connectivity index (χ0n) is 35.3. The number of benzene rings is 7. The predicted molar refractivity (Wildman–Crippen MR) is 259 cm³/mol. The van der Waals surface area contributed by atoms with Gasteiger partial charge >= 0.3 is 0 Å². The van der Waals surface area contributed by atoms with E-state index in [1.165, 1.54) is 77.9 Å². The van der Waals surface area contributed by atoms with Crippen LogP contribution in [0.2, 0.25) is 0 Å². The van der Waals surface area contributed by atoms with Crippen LogP contribution in [0.5, 0.6) is 0 Å². The van der Waals surface area contributed by atoms with Crippen molar-refractivity contribution in [2.45, 2.75) is 36.5 Å². The highest BCUT2D eigenvalue weighted by molar-refractivity contribution is 5.96.